The number of para-hydroxylation sites is 1. The zero-order chi connectivity index (χ0) is 20.4. The van der Waals surface area contributed by atoms with Gasteiger partial charge in [-0.3, -0.25) is 15.0 Å². The molecular formula is C20H17F3N4O2. The van der Waals surface area contributed by atoms with Crippen molar-refractivity contribution < 1.29 is 18.0 Å². The van der Waals surface area contributed by atoms with Crippen LogP contribution in [0, 0.1) is 22.9 Å². The SMILES string of the molecule is C.N=C(c1cc(F)cc(C(N)=O)c1)c1c(Nc2c(F)cccc2F)cc[nH]c1=O. The Bertz CT molecular complexity index is 1140. The number of H-pyrrole nitrogens is 1. The van der Waals surface area contributed by atoms with Gasteiger partial charge in [-0.05, 0) is 36.4 Å². The number of nitrogens with one attached hydrogen (secondary N) is 3. The molecule has 6 nitrogen and oxygen atoms in total. The van der Waals surface area contributed by atoms with E-state index in [1.165, 1.54) is 18.3 Å². The first-order chi connectivity index (χ1) is 13.3. The van der Waals surface area contributed by atoms with Crippen LogP contribution in [-0.2, 0) is 0 Å². The number of benzene rings is 2. The molecule has 1 amide bonds. The van der Waals surface area contributed by atoms with Crippen molar-refractivity contribution in [3.63, 3.8) is 0 Å². The first-order valence-corrected chi connectivity index (χ1v) is 7.90. The molecule has 3 aromatic rings. The van der Waals surface area contributed by atoms with Gasteiger partial charge in [-0.1, -0.05) is 13.5 Å². The summed E-state index contributed by atoms with van der Waals surface area (Å²) in [7, 11) is 0. The van der Waals surface area contributed by atoms with Crippen LogP contribution in [0.5, 0.6) is 0 Å². The molecule has 2 aromatic carbocycles. The molecule has 1 heterocycles. The van der Waals surface area contributed by atoms with Gasteiger partial charge in [0, 0.05) is 17.3 Å². The van der Waals surface area contributed by atoms with E-state index in [-0.39, 0.29) is 29.8 Å². The van der Waals surface area contributed by atoms with Crippen molar-refractivity contribution in [3.05, 3.63) is 93.2 Å². The maximum absolute atomic E-state index is 13.9. The largest absolute Gasteiger partial charge is 0.366 e. The summed E-state index contributed by atoms with van der Waals surface area (Å²) in [4.78, 5) is 26.0. The van der Waals surface area contributed by atoms with Gasteiger partial charge in [0.1, 0.15) is 23.1 Å². The second kappa shape index (κ2) is 8.42. The number of hydrogen-bond acceptors (Lipinski definition) is 4. The van der Waals surface area contributed by atoms with E-state index in [0.29, 0.717) is 0 Å². The maximum atomic E-state index is 13.9. The number of anilines is 2. The van der Waals surface area contributed by atoms with Crippen LogP contribution < -0.4 is 16.6 Å². The number of carbonyl (C=O) groups excluding carboxylic acids is 1. The predicted octanol–water partition coefficient (Wildman–Crippen LogP) is 3.69. The van der Waals surface area contributed by atoms with Crippen LogP contribution in [0.25, 0.3) is 0 Å². The van der Waals surface area contributed by atoms with Crippen molar-refractivity contribution in [2.45, 2.75) is 7.43 Å². The number of primary amides is 1. The number of aromatic nitrogens is 1. The fourth-order valence-corrected chi connectivity index (χ4v) is 2.60. The maximum Gasteiger partial charge on any atom is 0.259 e. The number of hydrogen-bond donors (Lipinski definition) is 4. The Kier molecular flexibility index (Phi) is 6.22. The molecule has 0 unspecified atom stereocenters. The summed E-state index contributed by atoms with van der Waals surface area (Å²) >= 11 is 0. The van der Waals surface area contributed by atoms with Crippen LogP contribution in [0.1, 0.15) is 28.9 Å². The smallest absolute Gasteiger partial charge is 0.259 e. The first kappa shape index (κ1) is 21.4. The van der Waals surface area contributed by atoms with Crippen LogP contribution in [0.4, 0.5) is 24.5 Å². The Morgan fingerprint density at radius 1 is 1.03 bits per heavy atom. The van der Waals surface area contributed by atoms with Crippen LogP contribution in [0.2, 0.25) is 0 Å². The highest BCUT2D eigenvalue weighted by molar-refractivity contribution is 6.14. The molecule has 29 heavy (non-hydrogen) atoms. The molecule has 150 valence electrons. The quantitative estimate of drug-likeness (QED) is 0.488. The Hall–Kier alpha value is -3.88. The van der Waals surface area contributed by atoms with Gasteiger partial charge in [-0.25, -0.2) is 13.2 Å². The van der Waals surface area contributed by atoms with Gasteiger partial charge >= 0.3 is 0 Å². The zero-order valence-electron chi connectivity index (χ0n) is 14.1. The highest BCUT2D eigenvalue weighted by atomic mass is 19.1. The minimum absolute atomic E-state index is 0. The molecule has 0 bridgehead atoms. The lowest BCUT2D eigenvalue weighted by Crippen LogP contribution is -2.21. The fraction of sp³-hybridized carbons (Fsp3) is 0.0500. The van der Waals surface area contributed by atoms with Gasteiger partial charge in [0.05, 0.1) is 17.0 Å². The molecule has 0 radical (unpaired) electrons. The molecule has 1 aromatic heterocycles. The van der Waals surface area contributed by atoms with E-state index in [9.17, 15) is 22.8 Å². The summed E-state index contributed by atoms with van der Waals surface area (Å²) < 4.78 is 41.7. The van der Waals surface area contributed by atoms with Crippen LogP contribution in [-0.4, -0.2) is 16.6 Å². The number of carbonyl (C=O) groups is 1. The van der Waals surface area contributed by atoms with Gasteiger partial charge in [0.2, 0.25) is 5.91 Å². The van der Waals surface area contributed by atoms with E-state index in [0.717, 1.165) is 30.3 Å². The summed E-state index contributed by atoms with van der Waals surface area (Å²) in [5, 5.41) is 10.7. The Balaban J connectivity index is 0.00000300. The molecule has 0 spiro atoms. The van der Waals surface area contributed by atoms with Crippen molar-refractivity contribution in [2.75, 3.05) is 5.32 Å². The second-order valence-corrected chi connectivity index (χ2v) is 5.78. The van der Waals surface area contributed by atoms with Crippen molar-refractivity contribution >= 4 is 23.0 Å². The number of rotatable bonds is 5. The van der Waals surface area contributed by atoms with E-state index < -0.39 is 40.3 Å². The lowest BCUT2D eigenvalue weighted by Gasteiger charge is -2.14. The van der Waals surface area contributed by atoms with Crippen LogP contribution in [0.15, 0.2) is 53.5 Å². The van der Waals surface area contributed by atoms with Gasteiger partial charge in [-0.15, -0.1) is 0 Å². The number of aromatic amines is 1. The molecule has 9 heteroatoms. The number of halogens is 3. The second-order valence-electron chi connectivity index (χ2n) is 5.78. The van der Waals surface area contributed by atoms with Crippen molar-refractivity contribution in [1.29, 1.82) is 5.41 Å². The van der Waals surface area contributed by atoms with E-state index >= 15 is 0 Å². The number of pyridine rings is 1. The molecule has 3 rings (SSSR count). The summed E-state index contributed by atoms with van der Waals surface area (Å²) in [5.41, 5.74) is 2.73. The predicted molar refractivity (Wildman–Crippen MR) is 104 cm³/mol. The van der Waals surface area contributed by atoms with Crippen molar-refractivity contribution in [3.8, 4) is 0 Å². The molecule has 0 saturated carbocycles. The summed E-state index contributed by atoms with van der Waals surface area (Å²) in [6, 6.07) is 7.50. The average Bonchev–Trinajstić information content (AvgIpc) is 2.64. The van der Waals surface area contributed by atoms with Gasteiger partial charge < -0.3 is 16.0 Å². The minimum Gasteiger partial charge on any atom is -0.366 e. The first-order valence-electron chi connectivity index (χ1n) is 7.90. The highest BCUT2D eigenvalue weighted by Crippen LogP contribution is 2.25. The zero-order valence-corrected chi connectivity index (χ0v) is 14.1. The topological polar surface area (TPSA) is 112 Å². The monoisotopic (exact) mass is 402 g/mol. The summed E-state index contributed by atoms with van der Waals surface area (Å²) in [6.07, 6.45) is 1.22. The lowest BCUT2D eigenvalue weighted by atomic mass is 9.99. The third kappa shape index (κ3) is 4.34. The van der Waals surface area contributed by atoms with E-state index in [1.54, 1.807) is 0 Å². The normalized spacial score (nSPS) is 10.2. The van der Waals surface area contributed by atoms with Gasteiger partial charge in [-0.2, -0.15) is 0 Å². The van der Waals surface area contributed by atoms with Crippen LogP contribution in [0.3, 0.4) is 0 Å². The Morgan fingerprint density at radius 3 is 2.28 bits per heavy atom. The molecule has 0 fully saturated rings. The summed E-state index contributed by atoms with van der Waals surface area (Å²) in [5.74, 6) is -3.56. The summed E-state index contributed by atoms with van der Waals surface area (Å²) in [6.45, 7) is 0. The van der Waals surface area contributed by atoms with E-state index in [1.807, 2.05) is 0 Å². The Morgan fingerprint density at radius 2 is 1.66 bits per heavy atom. The van der Waals surface area contributed by atoms with Crippen molar-refractivity contribution in [1.82, 2.24) is 4.98 Å². The molecular weight excluding hydrogens is 385 g/mol. The number of amides is 1. The minimum atomic E-state index is -0.915. The van der Waals surface area contributed by atoms with Crippen molar-refractivity contribution in [2.24, 2.45) is 5.73 Å². The van der Waals surface area contributed by atoms with Crippen LogP contribution >= 0.6 is 0 Å². The van der Waals surface area contributed by atoms with Gasteiger partial charge in [0.25, 0.3) is 5.56 Å². The standard InChI is InChI=1S/C19H13F3N4O2.CH4/c20-11-7-9(6-10(8-11)18(24)27)16(23)15-14(4-5-25-19(15)28)26-17-12(21)2-1-3-13(17)22;/h1-8,23H,(H2,24,27)(H2,25,26,28);1H4. The van der Waals surface area contributed by atoms with Gasteiger partial charge in [0.15, 0.2) is 0 Å². The highest BCUT2D eigenvalue weighted by Gasteiger charge is 2.19. The van der Waals surface area contributed by atoms with E-state index in [4.69, 9.17) is 11.1 Å². The Labute approximate surface area is 163 Å². The lowest BCUT2D eigenvalue weighted by molar-refractivity contribution is 0.1000. The molecule has 0 aliphatic rings. The third-order valence-corrected chi connectivity index (χ3v) is 3.90. The average molecular weight is 402 g/mol. The fourth-order valence-electron chi connectivity index (χ4n) is 2.60. The van der Waals surface area contributed by atoms with E-state index in [2.05, 4.69) is 10.3 Å². The molecule has 0 aliphatic heterocycles. The number of nitrogens with two attached hydrogens (primary N) is 1. The molecule has 0 aliphatic carbocycles. The molecule has 5 N–H and O–H groups in total. The third-order valence-electron chi connectivity index (χ3n) is 3.90. The molecule has 0 saturated heterocycles. The molecule has 0 atom stereocenters.